The van der Waals surface area contributed by atoms with Crippen molar-refractivity contribution in [3.05, 3.63) is 41.6 Å². The van der Waals surface area contributed by atoms with Gasteiger partial charge in [-0.05, 0) is 51.0 Å². The third-order valence-corrected chi connectivity index (χ3v) is 4.34. The molecule has 3 rings (SSSR count). The highest BCUT2D eigenvalue weighted by Gasteiger charge is 2.34. The van der Waals surface area contributed by atoms with Gasteiger partial charge in [0.25, 0.3) is 0 Å². The Kier molecular flexibility index (Phi) is 3.48. The molecule has 2 heterocycles. The van der Waals surface area contributed by atoms with Crippen molar-refractivity contribution in [3.63, 3.8) is 0 Å². The predicted octanol–water partition coefficient (Wildman–Crippen LogP) is 3.03. The maximum Gasteiger partial charge on any atom is 0.0705 e. The van der Waals surface area contributed by atoms with E-state index in [-0.39, 0.29) is 6.04 Å². The van der Waals surface area contributed by atoms with E-state index in [4.69, 9.17) is 5.73 Å². The van der Waals surface area contributed by atoms with E-state index < -0.39 is 0 Å². The van der Waals surface area contributed by atoms with Crippen molar-refractivity contribution in [2.75, 3.05) is 6.54 Å². The Morgan fingerprint density at radius 2 is 2.05 bits per heavy atom. The standard InChI is InChI=1S/C17H23N3/c1-11(2)20-9-8-15(18)17(20)14-6-7-16-13(10-14)5-4-12(3)19-16/h4-7,10-11,15,17H,8-9,18H2,1-3H3. The maximum absolute atomic E-state index is 6.35. The van der Waals surface area contributed by atoms with E-state index in [0.29, 0.717) is 12.1 Å². The molecule has 0 aliphatic carbocycles. The molecule has 1 fully saturated rings. The molecular weight excluding hydrogens is 246 g/mol. The summed E-state index contributed by atoms with van der Waals surface area (Å²) in [6, 6.07) is 11.9. The molecule has 2 atom stereocenters. The van der Waals surface area contributed by atoms with E-state index in [9.17, 15) is 0 Å². The summed E-state index contributed by atoms with van der Waals surface area (Å²) in [4.78, 5) is 7.08. The average molecular weight is 269 g/mol. The number of nitrogens with two attached hydrogens (primary N) is 1. The van der Waals surface area contributed by atoms with Crippen molar-refractivity contribution in [2.45, 2.75) is 45.3 Å². The van der Waals surface area contributed by atoms with Crippen LogP contribution in [0, 0.1) is 6.92 Å². The van der Waals surface area contributed by atoms with E-state index >= 15 is 0 Å². The van der Waals surface area contributed by atoms with Crippen LogP contribution in [0.15, 0.2) is 30.3 Å². The van der Waals surface area contributed by atoms with Gasteiger partial charge in [0.1, 0.15) is 0 Å². The SMILES string of the molecule is Cc1ccc2cc(C3C(N)CCN3C(C)C)ccc2n1. The van der Waals surface area contributed by atoms with Crippen LogP contribution in [0.2, 0.25) is 0 Å². The summed E-state index contributed by atoms with van der Waals surface area (Å²) in [5.74, 6) is 0. The average Bonchev–Trinajstić information content (AvgIpc) is 2.80. The van der Waals surface area contributed by atoms with Crippen molar-refractivity contribution in [3.8, 4) is 0 Å². The lowest BCUT2D eigenvalue weighted by atomic mass is 9.98. The van der Waals surface area contributed by atoms with E-state index in [1.54, 1.807) is 0 Å². The van der Waals surface area contributed by atoms with Crippen LogP contribution < -0.4 is 5.73 Å². The zero-order valence-corrected chi connectivity index (χ0v) is 12.5. The molecule has 1 aliphatic heterocycles. The molecule has 2 unspecified atom stereocenters. The van der Waals surface area contributed by atoms with Gasteiger partial charge in [-0.1, -0.05) is 12.1 Å². The minimum absolute atomic E-state index is 0.230. The predicted molar refractivity (Wildman–Crippen MR) is 83.7 cm³/mol. The third kappa shape index (κ3) is 2.32. The Hall–Kier alpha value is -1.45. The lowest BCUT2D eigenvalue weighted by Gasteiger charge is -2.30. The molecule has 2 N–H and O–H groups in total. The normalized spacial score (nSPS) is 23.9. The first-order chi connectivity index (χ1) is 9.56. The van der Waals surface area contributed by atoms with E-state index in [2.05, 4.69) is 54.1 Å². The summed E-state index contributed by atoms with van der Waals surface area (Å²) in [7, 11) is 0. The smallest absolute Gasteiger partial charge is 0.0705 e. The van der Waals surface area contributed by atoms with Crippen LogP contribution in [-0.2, 0) is 0 Å². The van der Waals surface area contributed by atoms with Crippen molar-refractivity contribution >= 4 is 10.9 Å². The number of pyridine rings is 1. The molecule has 1 aromatic carbocycles. The molecule has 106 valence electrons. The van der Waals surface area contributed by atoms with Crippen molar-refractivity contribution in [1.29, 1.82) is 0 Å². The number of aromatic nitrogens is 1. The van der Waals surface area contributed by atoms with Gasteiger partial charge >= 0.3 is 0 Å². The maximum atomic E-state index is 6.35. The molecule has 3 nitrogen and oxygen atoms in total. The lowest BCUT2D eigenvalue weighted by Crippen LogP contribution is -2.35. The fourth-order valence-electron chi connectivity index (χ4n) is 3.29. The molecule has 0 spiro atoms. The number of benzene rings is 1. The molecular formula is C17H23N3. The van der Waals surface area contributed by atoms with Crippen LogP contribution in [0.1, 0.15) is 37.6 Å². The highest BCUT2D eigenvalue weighted by molar-refractivity contribution is 5.79. The highest BCUT2D eigenvalue weighted by Crippen LogP contribution is 2.34. The molecule has 1 saturated heterocycles. The number of aryl methyl sites for hydroxylation is 1. The molecule has 1 aromatic heterocycles. The van der Waals surface area contributed by atoms with Crippen molar-refractivity contribution in [1.82, 2.24) is 9.88 Å². The number of nitrogens with zero attached hydrogens (tertiary/aromatic N) is 2. The quantitative estimate of drug-likeness (QED) is 0.911. The minimum Gasteiger partial charge on any atom is -0.326 e. The molecule has 0 bridgehead atoms. The second-order valence-corrected chi connectivity index (χ2v) is 6.13. The number of rotatable bonds is 2. The summed E-state index contributed by atoms with van der Waals surface area (Å²) in [5.41, 5.74) is 9.80. The second kappa shape index (κ2) is 5.15. The van der Waals surface area contributed by atoms with Crippen LogP contribution in [0.3, 0.4) is 0 Å². The first-order valence-corrected chi connectivity index (χ1v) is 7.45. The van der Waals surface area contributed by atoms with Gasteiger partial charge in [-0.3, -0.25) is 9.88 Å². The molecule has 20 heavy (non-hydrogen) atoms. The van der Waals surface area contributed by atoms with Crippen LogP contribution in [0.25, 0.3) is 10.9 Å². The Labute approximate surface area is 120 Å². The molecule has 0 saturated carbocycles. The fourth-order valence-corrected chi connectivity index (χ4v) is 3.29. The number of fused-ring (bicyclic) bond motifs is 1. The Bertz CT molecular complexity index is 621. The van der Waals surface area contributed by atoms with Gasteiger partial charge in [0, 0.05) is 29.7 Å². The molecule has 0 radical (unpaired) electrons. The Morgan fingerprint density at radius 1 is 1.25 bits per heavy atom. The first kappa shape index (κ1) is 13.5. The number of hydrogen-bond donors (Lipinski definition) is 1. The summed E-state index contributed by atoms with van der Waals surface area (Å²) in [6.45, 7) is 7.61. The Balaban J connectivity index is 2.02. The van der Waals surface area contributed by atoms with Gasteiger partial charge in [-0.2, -0.15) is 0 Å². The monoisotopic (exact) mass is 269 g/mol. The van der Waals surface area contributed by atoms with Gasteiger partial charge in [0.05, 0.1) is 11.6 Å². The van der Waals surface area contributed by atoms with Gasteiger partial charge in [0.15, 0.2) is 0 Å². The third-order valence-electron chi connectivity index (χ3n) is 4.34. The zero-order valence-electron chi connectivity index (χ0n) is 12.5. The van der Waals surface area contributed by atoms with Gasteiger partial charge in [0.2, 0.25) is 0 Å². The second-order valence-electron chi connectivity index (χ2n) is 6.13. The number of likely N-dealkylation sites (tertiary alicyclic amines) is 1. The van der Waals surface area contributed by atoms with Crippen LogP contribution in [0.5, 0.6) is 0 Å². The number of hydrogen-bond acceptors (Lipinski definition) is 3. The molecule has 2 aromatic rings. The largest absolute Gasteiger partial charge is 0.326 e. The Morgan fingerprint density at radius 3 is 2.80 bits per heavy atom. The summed E-state index contributed by atoms with van der Waals surface area (Å²) < 4.78 is 0. The van der Waals surface area contributed by atoms with Crippen molar-refractivity contribution < 1.29 is 0 Å². The van der Waals surface area contributed by atoms with E-state index in [1.807, 2.05) is 6.92 Å². The van der Waals surface area contributed by atoms with Crippen LogP contribution >= 0.6 is 0 Å². The van der Waals surface area contributed by atoms with Crippen molar-refractivity contribution in [2.24, 2.45) is 5.73 Å². The summed E-state index contributed by atoms with van der Waals surface area (Å²) in [5, 5.41) is 1.20. The molecule has 3 heteroatoms. The van der Waals surface area contributed by atoms with Crippen LogP contribution in [0.4, 0.5) is 0 Å². The summed E-state index contributed by atoms with van der Waals surface area (Å²) >= 11 is 0. The van der Waals surface area contributed by atoms with Gasteiger partial charge in [-0.15, -0.1) is 0 Å². The summed E-state index contributed by atoms with van der Waals surface area (Å²) in [6.07, 6.45) is 1.08. The van der Waals surface area contributed by atoms with Gasteiger partial charge < -0.3 is 5.73 Å². The molecule has 0 amide bonds. The van der Waals surface area contributed by atoms with E-state index in [0.717, 1.165) is 24.2 Å². The minimum atomic E-state index is 0.230. The highest BCUT2D eigenvalue weighted by atomic mass is 15.2. The van der Waals surface area contributed by atoms with E-state index in [1.165, 1.54) is 10.9 Å². The molecule has 1 aliphatic rings. The first-order valence-electron chi connectivity index (χ1n) is 7.45. The fraction of sp³-hybridized carbons (Fsp3) is 0.471. The zero-order chi connectivity index (χ0) is 14.3. The lowest BCUT2D eigenvalue weighted by molar-refractivity contribution is 0.198. The van der Waals surface area contributed by atoms with Crippen LogP contribution in [-0.4, -0.2) is 28.5 Å². The topological polar surface area (TPSA) is 42.1 Å². The van der Waals surface area contributed by atoms with Gasteiger partial charge in [-0.25, -0.2) is 0 Å².